The van der Waals surface area contributed by atoms with Crippen molar-refractivity contribution < 1.29 is 19.8 Å². The fraction of sp³-hybridized carbons (Fsp3) is 0.333. The smallest absolute Gasteiger partial charge is 0.326 e. The highest BCUT2D eigenvalue weighted by Crippen LogP contribution is 2.25. The molecule has 1 saturated heterocycles. The average Bonchev–Trinajstić information content (AvgIpc) is 2.69. The van der Waals surface area contributed by atoms with Crippen molar-refractivity contribution in [1.29, 1.82) is 0 Å². The van der Waals surface area contributed by atoms with E-state index in [9.17, 15) is 14.7 Å². The first kappa shape index (κ1) is 14.5. The molecule has 102 valence electrons. The SMILES string of the molecule is O=C(O)C1CC(O)CN1C(=O)c1cc(Br)cc(Br)c1. The number of aliphatic hydroxyl groups excluding tert-OH is 1. The maximum atomic E-state index is 12.3. The molecular formula is C12H11Br2NO4. The molecule has 2 N–H and O–H groups in total. The van der Waals surface area contributed by atoms with Crippen LogP contribution in [0.3, 0.4) is 0 Å². The molecular weight excluding hydrogens is 382 g/mol. The second-order valence-corrected chi connectivity index (χ2v) is 6.19. The predicted molar refractivity (Wildman–Crippen MR) is 74.9 cm³/mol. The molecule has 1 heterocycles. The van der Waals surface area contributed by atoms with Gasteiger partial charge in [0.05, 0.1) is 6.10 Å². The number of aliphatic carboxylic acids is 1. The van der Waals surface area contributed by atoms with Crippen LogP contribution in [0, 0.1) is 0 Å². The lowest BCUT2D eigenvalue weighted by molar-refractivity contribution is -0.141. The Labute approximate surface area is 126 Å². The minimum absolute atomic E-state index is 0.0416. The summed E-state index contributed by atoms with van der Waals surface area (Å²) < 4.78 is 1.44. The zero-order valence-electron chi connectivity index (χ0n) is 9.72. The standard InChI is InChI=1S/C12H11Br2NO4/c13-7-1-6(2-8(14)3-7)11(17)15-5-9(16)4-10(15)12(18)19/h1-3,9-10,16H,4-5H2,(H,18,19). The summed E-state index contributed by atoms with van der Waals surface area (Å²) >= 11 is 6.56. The van der Waals surface area contributed by atoms with Gasteiger partial charge in [-0.05, 0) is 18.2 Å². The molecule has 0 saturated carbocycles. The van der Waals surface area contributed by atoms with Crippen molar-refractivity contribution in [2.24, 2.45) is 0 Å². The summed E-state index contributed by atoms with van der Waals surface area (Å²) in [4.78, 5) is 24.6. The minimum atomic E-state index is -1.10. The molecule has 2 rings (SSSR count). The number of carboxylic acid groups (broad SMARTS) is 1. The molecule has 0 spiro atoms. The summed E-state index contributed by atoms with van der Waals surface area (Å²) in [5.41, 5.74) is 0.376. The van der Waals surface area contributed by atoms with Crippen molar-refractivity contribution in [3.63, 3.8) is 0 Å². The molecule has 19 heavy (non-hydrogen) atoms. The lowest BCUT2D eigenvalue weighted by atomic mass is 10.1. The number of β-amino-alcohol motifs (C(OH)–C–C–N with tert-alkyl or cyclic N) is 1. The first-order valence-corrected chi connectivity index (χ1v) is 7.15. The Balaban J connectivity index is 2.30. The predicted octanol–water partition coefficient (Wildman–Crippen LogP) is 1.87. The number of carbonyl (C=O) groups is 2. The Kier molecular flexibility index (Phi) is 4.27. The van der Waals surface area contributed by atoms with Crippen LogP contribution in [0.2, 0.25) is 0 Å². The van der Waals surface area contributed by atoms with Crippen LogP contribution in [0.15, 0.2) is 27.1 Å². The number of amides is 1. The van der Waals surface area contributed by atoms with Crippen molar-refractivity contribution in [3.8, 4) is 0 Å². The number of halogens is 2. The van der Waals surface area contributed by atoms with Crippen LogP contribution in [0.5, 0.6) is 0 Å². The third kappa shape index (κ3) is 3.16. The second kappa shape index (κ2) is 5.60. The van der Waals surface area contributed by atoms with Crippen molar-refractivity contribution >= 4 is 43.7 Å². The van der Waals surface area contributed by atoms with Crippen molar-refractivity contribution in [3.05, 3.63) is 32.7 Å². The van der Waals surface area contributed by atoms with Crippen LogP contribution in [0.4, 0.5) is 0 Å². The van der Waals surface area contributed by atoms with E-state index in [0.29, 0.717) is 5.56 Å². The lowest BCUT2D eigenvalue weighted by Crippen LogP contribution is -2.40. The van der Waals surface area contributed by atoms with Gasteiger partial charge in [-0.2, -0.15) is 0 Å². The van der Waals surface area contributed by atoms with Gasteiger partial charge in [0.15, 0.2) is 0 Å². The molecule has 1 amide bonds. The number of nitrogens with zero attached hydrogens (tertiary/aromatic N) is 1. The summed E-state index contributed by atoms with van der Waals surface area (Å²) in [6, 6.07) is 4.05. The quantitative estimate of drug-likeness (QED) is 0.805. The van der Waals surface area contributed by atoms with Crippen molar-refractivity contribution in [1.82, 2.24) is 4.90 Å². The monoisotopic (exact) mass is 391 g/mol. The average molecular weight is 393 g/mol. The van der Waals surface area contributed by atoms with E-state index in [0.717, 1.165) is 8.95 Å². The fourth-order valence-corrected chi connectivity index (χ4v) is 3.41. The number of rotatable bonds is 2. The molecule has 1 aliphatic rings. The number of likely N-dealkylation sites (tertiary alicyclic amines) is 1. The topological polar surface area (TPSA) is 77.8 Å². The Morgan fingerprint density at radius 1 is 1.21 bits per heavy atom. The number of carbonyl (C=O) groups excluding carboxylic acids is 1. The van der Waals surface area contributed by atoms with Gasteiger partial charge >= 0.3 is 5.97 Å². The van der Waals surface area contributed by atoms with Gasteiger partial charge in [0.25, 0.3) is 5.91 Å². The third-order valence-corrected chi connectivity index (χ3v) is 3.85. The van der Waals surface area contributed by atoms with Crippen LogP contribution in [0.1, 0.15) is 16.8 Å². The van der Waals surface area contributed by atoms with Gasteiger partial charge in [0.1, 0.15) is 6.04 Å². The van der Waals surface area contributed by atoms with E-state index >= 15 is 0 Å². The highest BCUT2D eigenvalue weighted by Gasteiger charge is 2.39. The van der Waals surface area contributed by atoms with E-state index in [1.807, 2.05) is 0 Å². The molecule has 1 aliphatic heterocycles. The van der Waals surface area contributed by atoms with Gasteiger partial charge in [0.2, 0.25) is 0 Å². The van der Waals surface area contributed by atoms with Gasteiger partial charge in [-0.15, -0.1) is 0 Å². The fourth-order valence-electron chi connectivity index (χ4n) is 2.12. The van der Waals surface area contributed by atoms with Gasteiger partial charge < -0.3 is 15.1 Å². The summed E-state index contributed by atoms with van der Waals surface area (Å²) in [5.74, 6) is -1.50. The Morgan fingerprint density at radius 2 is 1.79 bits per heavy atom. The highest BCUT2D eigenvalue weighted by atomic mass is 79.9. The van der Waals surface area contributed by atoms with E-state index in [-0.39, 0.29) is 13.0 Å². The van der Waals surface area contributed by atoms with E-state index < -0.39 is 24.0 Å². The zero-order chi connectivity index (χ0) is 14.2. The highest BCUT2D eigenvalue weighted by molar-refractivity contribution is 9.11. The molecule has 1 aromatic carbocycles. The Bertz CT molecular complexity index is 514. The van der Waals surface area contributed by atoms with Crippen LogP contribution >= 0.6 is 31.9 Å². The summed E-state index contributed by atoms with van der Waals surface area (Å²) in [6.07, 6.45) is -0.725. The summed E-state index contributed by atoms with van der Waals surface area (Å²) in [6.45, 7) is 0.0416. The Hall–Kier alpha value is -0.920. The molecule has 0 aromatic heterocycles. The van der Waals surface area contributed by atoms with Crippen LogP contribution < -0.4 is 0 Å². The molecule has 2 atom stereocenters. The largest absolute Gasteiger partial charge is 0.480 e. The number of hydrogen-bond donors (Lipinski definition) is 2. The first-order valence-electron chi connectivity index (χ1n) is 5.56. The van der Waals surface area contributed by atoms with E-state index in [1.165, 1.54) is 4.90 Å². The van der Waals surface area contributed by atoms with Crippen LogP contribution in [-0.2, 0) is 4.79 Å². The molecule has 1 aromatic rings. The maximum Gasteiger partial charge on any atom is 0.326 e. The summed E-state index contributed by atoms with van der Waals surface area (Å²) in [7, 11) is 0. The van der Waals surface area contributed by atoms with Crippen LogP contribution in [0.25, 0.3) is 0 Å². The van der Waals surface area contributed by atoms with Gasteiger partial charge in [-0.1, -0.05) is 31.9 Å². The lowest BCUT2D eigenvalue weighted by Gasteiger charge is -2.21. The van der Waals surface area contributed by atoms with Crippen molar-refractivity contribution in [2.45, 2.75) is 18.6 Å². The van der Waals surface area contributed by atoms with Gasteiger partial charge in [0, 0.05) is 27.5 Å². The van der Waals surface area contributed by atoms with E-state index in [4.69, 9.17) is 5.11 Å². The number of carboxylic acids is 1. The molecule has 2 unspecified atom stereocenters. The van der Waals surface area contributed by atoms with Gasteiger partial charge in [-0.3, -0.25) is 4.79 Å². The number of aliphatic hydroxyl groups is 1. The third-order valence-electron chi connectivity index (χ3n) is 2.93. The molecule has 1 fully saturated rings. The molecule has 0 radical (unpaired) electrons. The number of benzene rings is 1. The molecule has 7 heteroatoms. The van der Waals surface area contributed by atoms with E-state index in [1.54, 1.807) is 18.2 Å². The Morgan fingerprint density at radius 3 is 2.32 bits per heavy atom. The molecule has 5 nitrogen and oxygen atoms in total. The second-order valence-electron chi connectivity index (χ2n) is 4.36. The van der Waals surface area contributed by atoms with Gasteiger partial charge in [-0.25, -0.2) is 4.79 Å². The van der Waals surface area contributed by atoms with E-state index in [2.05, 4.69) is 31.9 Å². The summed E-state index contributed by atoms with van der Waals surface area (Å²) in [5, 5.41) is 18.6. The molecule has 0 bridgehead atoms. The normalized spacial score (nSPS) is 22.6. The minimum Gasteiger partial charge on any atom is -0.480 e. The van der Waals surface area contributed by atoms with Crippen LogP contribution in [-0.4, -0.2) is 45.7 Å². The maximum absolute atomic E-state index is 12.3. The first-order chi connectivity index (χ1) is 8.88. The number of hydrogen-bond acceptors (Lipinski definition) is 3. The molecule has 0 aliphatic carbocycles. The zero-order valence-corrected chi connectivity index (χ0v) is 12.9. The van der Waals surface area contributed by atoms with Crippen molar-refractivity contribution in [2.75, 3.05) is 6.54 Å².